The molecule has 3 nitrogen and oxygen atoms in total. The highest BCUT2D eigenvalue weighted by atomic mass is 16.5. The van der Waals surface area contributed by atoms with Crippen LogP contribution in [-0.2, 0) is 4.74 Å². The summed E-state index contributed by atoms with van der Waals surface area (Å²) in [6.45, 7) is 7.14. The minimum Gasteiger partial charge on any atom is -0.472 e. The van der Waals surface area contributed by atoms with E-state index < -0.39 is 0 Å². The summed E-state index contributed by atoms with van der Waals surface area (Å²) in [5.74, 6) is 4.42. The molecule has 0 aliphatic heterocycles. The first kappa shape index (κ1) is 20.1. The first-order chi connectivity index (χ1) is 14.1. The number of fused-ring (bicyclic) bond motifs is 5. The maximum Gasteiger partial charge on any atom is 0.0937 e. The van der Waals surface area contributed by atoms with Crippen LogP contribution in [0.4, 0.5) is 0 Å². The molecule has 0 amide bonds. The minimum atomic E-state index is 0.488. The molecule has 0 spiro atoms. The van der Waals surface area contributed by atoms with Gasteiger partial charge in [-0.15, -0.1) is 0 Å². The minimum absolute atomic E-state index is 0.488. The Labute approximate surface area is 177 Å². The van der Waals surface area contributed by atoms with Crippen molar-refractivity contribution in [1.82, 2.24) is 5.32 Å². The fourth-order valence-electron chi connectivity index (χ4n) is 8.72. The Morgan fingerprint density at radius 3 is 2.66 bits per heavy atom. The number of likely N-dealkylation sites (N-methyl/N-ethyl adjacent to an activating group) is 1. The summed E-state index contributed by atoms with van der Waals surface area (Å²) in [6, 6.07) is 2.23. The van der Waals surface area contributed by atoms with Crippen molar-refractivity contribution < 1.29 is 9.15 Å². The van der Waals surface area contributed by atoms with E-state index >= 15 is 0 Å². The van der Waals surface area contributed by atoms with E-state index in [-0.39, 0.29) is 0 Å². The van der Waals surface area contributed by atoms with Gasteiger partial charge in [-0.2, -0.15) is 0 Å². The van der Waals surface area contributed by atoms with Gasteiger partial charge in [-0.25, -0.2) is 0 Å². The first-order valence-electron chi connectivity index (χ1n) is 12.3. The zero-order valence-electron chi connectivity index (χ0n) is 18.8. The van der Waals surface area contributed by atoms with Crippen molar-refractivity contribution in [1.29, 1.82) is 0 Å². The molecule has 4 fully saturated rings. The standard InChI is InChI=1S/C26H41NO2/c1-25-11-8-20(29-15-13-27-3)16-19(25)4-5-21-23-7-6-22(18-10-14-28-17-18)26(23,2)12-9-24(21)25/h10,14,17,19-24,27H,4-9,11-13,15-16H2,1-3H3/t19-,20+,21+,22-,23-,24+,25+,26-/m1/s1. The second kappa shape index (κ2) is 7.71. The maximum absolute atomic E-state index is 6.22. The molecular formula is C26H41NO2. The summed E-state index contributed by atoms with van der Waals surface area (Å²) < 4.78 is 11.7. The van der Waals surface area contributed by atoms with E-state index in [1.165, 1.54) is 63.4 Å². The number of rotatable bonds is 5. The van der Waals surface area contributed by atoms with Crippen molar-refractivity contribution >= 4 is 0 Å². The quantitative estimate of drug-likeness (QED) is 0.616. The number of furan rings is 1. The summed E-state index contributed by atoms with van der Waals surface area (Å²) in [6.07, 6.45) is 16.9. The van der Waals surface area contributed by atoms with E-state index in [4.69, 9.17) is 9.15 Å². The van der Waals surface area contributed by atoms with Crippen LogP contribution in [0.25, 0.3) is 0 Å². The number of hydrogen-bond donors (Lipinski definition) is 1. The third kappa shape index (κ3) is 3.22. The number of ether oxygens (including phenoxy) is 1. The van der Waals surface area contributed by atoms with E-state index in [0.29, 0.717) is 22.9 Å². The van der Waals surface area contributed by atoms with Crippen LogP contribution >= 0.6 is 0 Å². The van der Waals surface area contributed by atoms with Crippen molar-refractivity contribution in [3.05, 3.63) is 24.2 Å². The van der Waals surface area contributed by atoms with Crippen LogP contribution in [0, 0.1) is 34.5 Å². The molecule has 0 radical (unpaired) electrons. The fraction of sp³-hybridized carbons (Fsp3) is 0.846. The van der Waals surface area contributed by atoms with Crippen LogP contribution in [0.15, 0.2) is 23.0 Å². The second-order valence-electron chi connectivity index (χ2n) is 11.3. The highest BCUT2D eigenvalue weighted by Gasteiger charge is 2.60. The molecule has 4 aliphatic rings. The van der Waals surface area contributed by atoms with Gasteiger partial charge in [0.1, 0.15) is 0 Å². The van der Waals surface area contributed by atoms with Gasteiger partial charge in [-0.3, -0.25) is 0 Å². The molecular weight excluding hydrogens is 358 g/mol. The summed E-state index contributed by atoms with van der Waals surface area (Å²) in [5, 5.41) is 3.22. The third-order valence-corrected chi connectivity index (χ3v) is 10.3. The lowest BCUT2D eigenvalue weighted by atomic mass is 9.44. The topological polar surface area (TPSA) is 34.4 Å². The highest BCUT2D eigenvalue weighted by Crippen LogP contribution is 2.69. The lowest BCUT2D eigenvalue weighted by Crippen LogP contribution is -2.54. The second-order valence-corrected chi connectivity index (χ2v) is 11.3. The van der Waals surface area contributed by atoms with Gasteiger partial charge in [-0.05, 0) is 117 Å². The van der Waals surface area contributed by atoms with Gasteiger partial charge in [0.15, 0.2) is 0 Å². The van der Waals surface area contributed by atoms with Crippen molar-refractivity contribution in [2.75, 3.05) is 20.2 Å². The van der Waals surface area contributed by atoms with Crippen LogP contribution in [-0.4, -0.2) is 26.3 Å². The smallest absolute Gasteiger partial charge is 0.0937 e. The SMILES string of the molecule is CNCCO[C@H]1CC[C@@]2(C)[C@H](CC[C@H]3[C@H]4CC[C@H](c5ccoc5)[C@@]4(C)CC[C@@H]32)C1. The molecule has 1 N–H and O–H groups in total. The van der Waals surface area contributed by atoms with E-state index in [1.54, 1.807) is 0 Å². The fourth-order valence-corrected chi connectivity index (χ4v) is 8.72. The predicted molar refractivity (Wildman–Crippen MR) is 117 cm³/mol. The van der Waals surface area contributed by atoms with Crippen molar-refractivity contribution in [2.24, 2.45) is 34.5 Å². The lowest BCUT2D eigenvalue weighted by Gasteiger charge is -2.61. The van der Waals surface area contributed by atoms with Crippen LogP contribution in [0.1, 0.15) is 83.1 Å². The van der Waals surface area contributed by atoms with Crippen molar-refractivity contribution in [2.45, 2.75) is 83.7 Å². The van der Waals surface area contributed by atoms with Crippen molar-refractivity contribution in [3.63, 3.8) is 0 Å². The summed E-state index contributed by atoms with van der Waals surface area (Å²) in [7, 11) is 2.01. The molecule has 0 saturated heterocycles. The molecule has 3 heteroatoms. The first-order valence-corrected chi connectivity index (χ1v) is 12.3. The third-order valence-electron chi connectivity index (χ3n) is 10.3. The highest BCUT2D eigenvalue weighted by molar-refractivity contribution is 5.22. The average Bonchev–Trinajstić information content (AvgIpc) is 3.35. The van der Waals surface area contributed by atoms with Gasteiger partial charge >= 0.3 is 0 Å². The Balaban J connectivity index is 1.31. The predicted octanol–water partition coefficient (Wildman–Crippen LogP) is 6.01. The Morgan fingerprint density at radius 2 is 1.86 bits per heavy atom. The summed E-state index contributed by atoms with van der Waals surface area (Å²) in [4.78, 5) is 0. The zero-order chi connectivity index (χ0) is 20.1. The molecule has 8 atom stereocenters. The van der Waals surface area contributed by atoms with E-state index in [1.807, 2.05) is 19.6 Å². The Morgan fingerprint density at radius 1 is 1.03 bits per heavy atom. The molecule has 5 rings (SSSR count). The van der Waals surface area contributed by atoms with Crippen LogP contribution in [0.3, 0.4) is 0 Å². The van der Waals surface area contributed by atoms with Gasteiger partial charge in [0.25, 0.3) is 0 Å². The van der Waals surface area contributed by atoms with Crippen LogP contribution < -0.4 is 5.32 Å². The maximum atomic E-state index is 6.22. The zero-order valence-corrected chi connectivity index (χ0v) is 18.8. The number of hydrogen-bond acceptors (Lipinski definition) is 3. The largest absolute Gasteiger partial charge is 0.472 e. The van der Waals surface area contributed by atoms with E-state index in [9.17, 15) is 0 Å². The molecule has 1 aromatic rings. The molecule has 0 aromatic carbocycles. The van der Waals surface area contributed by atoms with E-state index in [2.05, 4.69) is 25.2 Å². The molecule has 1 heterocycles. The van der Waals surface area contributed by atoms with Gasteiger partial charge in [-0.1, -0.05) is 13.8 Å². The summed E-state index contributed by atoms with van der Waals surface area (Å²) in [5.41, 5.74) is 2.51. The molecule has 162 valence electrons. The molecule has 0 unspecified atom stereocenters. The van der Waals surface area contributed by atoms with Crippen LogP contribution in [0.5, 0.6) is 0 Å². The van der Waals surface area contributed by atoms with Gasteiger partial charge in [0.2, 0.25) is 0 Å². The monoisotopic (exact) mass is 399 g/mol. The molecule has 4 aliphatic carbocycles. The Kier molecular flexibility index (Phi) is 5.35. The Bertz CT molecular complexity index is 687. The van der Waals surface area contributed by atoms with Crippen LogP contribution in [0.2, 0.25) is 0 Å². The van der Waals surface area contributed by atoms with Gasteiger partial charge in [0.05, 0.1) is 25.2 Å². The number of nitrogens with one attached hydrogen (secondary N) is 1. The molecule has 1 aromatic heterocycles. The lowest BCUT2D eigenvalue weighted by molar-refractivity contribution is -0.131. The molecule has 0 bridgehead atoms. The van der Waals surface area contributed by atoms with E-state index in [0.717, 1.165) is 36.8 Å². The van der Waals surface area contributed by atoms with Gasteiger partial charge < -0.3 is 14.5 Å². The van der Waals surface area contributed by atoms with Gasteiger partial charge in [0, 0.05) is 6.54 Å². The normalized spacial score (nSPS) is 46.7. The Hall–Kier alpha value is -0.800. The van der Waals surface area contributed by atoms with Crippen molar-refractivity contribution in [3.8, 4) is 0 Å². The molecule has 29 heavy (non-hydrogen) atoms. The average molecular weight is 400 g/mol. The summed E-state index contributed by atoms with van der Waals surface area (Å²) >= 11 is 0. The molecule has 4 saturated carbocycles.